The van der Waals surface area contributed by atoms with Gasteiger partial charge in [-0.25, -0.2) is 0 Å². The highest BCUT2D eigenvalue weighted by Gasteiger charge is 2.57. The van der Waals surface area contributed by atoms with Gasteiger partial charge in [0.2, 0.25) is 0 Å². The number of carbonyl (C=O) groups excluding carboxylic acids is 1. The number of carbonyl (C=O) groups is 1. The summed E-state index contributed by atoms with van der Waals surface area (Å²) in [6.45, 7) is 1.62. The predicted octanol–water partition coefficient (Wildman–Crippen LogP) is 1.69. The molecule has 0 atom stereocenters. The summed E-state index contributed by atoms with van der Waals surface area (Å²) in [5.74, 6) is -5.55. The summed E-state index contributed by atoms with van der Waals surface area (Å²) in [5, 5.41) is -0.489. The molecule has 62 valence electrons. The van der Waals surface area contributed by atoms with Crippen molar-refractivity contribution in [3.05, 3.63) is 10.8 Å². The van der Waals surface area contributed by atoms with Gasteiger partial charge in [-0.2, -0.15) is 8.78 Å². The first-order chi connectivity index (χ1) is 5.01. The number of alkyl halides is 2. The number of ketones is 1. The summed E-state index contributed by atoms with van der Waals surface area (Å²) in [6.07, 6.45) is 0. The molecule has 2 nitrogen and oxygen atoms in total. The average Bonchev–Trinajstić information content (AvgIpc) is 1.98. The lowest BCUT2D eigenvalue weighted by molar-refractivity contribution is -0.145. The molecule has 0 aliphatic heterocycles. The van der Waals surface area contributed by atoms with Gasteiger partial charge in [-0.3, -0.25) is 4.79 Å². The molecule has 11 heavy (non-hydrogen) atoms. The summed E-state index contributed by atoms with van der Waals surface area (Å²) < 4.78 is 29.3. The van der Waals surface area contributed by atoms with Crippen molar-refractivity contribution in [2.75, 3.05) is 6.61 Å². The molecule has 0 saturated heterocycles. The van der Waals surface area contributed by atoms with Crippen molar-refractivity contribution < 1.29 is 18.3 Å². The maximum absolute atomic E-state index is 12.4. The zero-order chi connectivity index (χ0) is 8.65. The predicted molar refractivity (Wildman–Crippen MR) is 34.5 cm³/mol. The molecule has 0 aromatic carbocycles. The molecular formula is C6H5ClF2O2. The largest absolute Gasteiger partial charge is 0.490 e. The highest BCUT2D eigenvalue weighted by atomic mass is 35.5. The van der Waals surface area contributed by atoms with Gasteiger partial charge >= 0.3 is 5.92 Å². The van der Waals surface area contributed by atoms with Gasteiger partial charge in [0.1, 0.15) is 5.03 Å². The van der Waals surface area contributed by atoms with Crippen molar-refractivity contribution in [3.8, 4) is 0 Å². The molecule has 0 bridgehead atoms. The zero-order valence-corrected chi connectivity index (χ0v) is 6.41. The van der Waals surface area contributed by atoms with Gasteiger partial charge in [-0.1, -0.05) is 11.6 Å². The second-order valence-corrected chi connectivity index (χ2v) is 2.36. The van der Waals surface area contributed by atoms with E-state index in [4.69, 9.17) is 11.6 Å². The Bertz CT molecular complexity index is 235. The second-order valence-electron chi connectivity index (χ2n) is 1.98. The normalized spacial score (nSPS) is 21.6. The molecule has 0 fully saturated rings. The number of hydrogen-bond donors (Lipinski definition) is 0. The zero-order valence-electron chi connectivity index (χ0n) is 5.66. The minimum atomic E-state index is -3.49. The van der Waals surface area contributed by atoms with E-state index in [0.717, 1.165) is 0 Å². The topological polar surface area (TPSA) is 26.3 Å². The van der Waals surface area contributed by atoms with E-state index < -0.39 is 22.5 Å². The van der Waals surface area contributed by atoms with Crippen molar-refractivity contribution in [1.29, 1.82) is 0 Å². The fourth-order valence-electron chi connectivity index (χ4n) is 0.718. The molecule has 0 aromatic heterocycles. The Kier molecular flexibility index (Phi) is 1.88. The van der Waals surface area contributed by atoms with Gasteiger partial charge in [0.15, 0.2) is 5.76 Å². The third kappa shape index (κ3) is 1.01. The van der Waals surface area contributed by atoms with E-state index in [9.17, 15) is 13.6 Å². The molecule has 1 aliphatic carbocycles. The van der Waals surface area contributed by atoms with Crippen molar-refractivity contribution in [1.82, 2.24) is 0 Å². The highest BCUT2D eigenvalue weighted by molar-refractivity contribution is 6.47. The molecule has 0 spiro atoms. The van der Waals surface area contributed by atoms with Crippen LogP contribution in [0.5, 0.6) is 0 Å². The Balaban J connectivity index is 2.87. The van der Waals surface area contributed by atoms with Gasteiger partial charge in [0.25, 0.3) is 5.78 Å². The summed E-state index contributed by atoms with van der Waals surface area (Å²) >= 11 is 5.15. The fraction of sp³-hybridized carbons (Fsp3) is 0.500. The molecule has 5 heteroatoms. The summed E-state index contributed by atoms with van der Waals surface area (Å²) in [6, 6.07) is 0. The van der Waals surface area contributed by atoms with Gasteiger partial charge in [-0.15, -0.1) is 0 Å². The standard InChI is InChI=1S/C6H5ClF2O2/c1-2-11-5-3(7)4(10)6(5,8)9/h2H2,1H3. The first-order valence-corrected chi connectivity index (χ1v) is 3.35. The van der Waals surface area contributed by atoms with Crippen LogP contribution in [-0.4, -0.2) is 18.3 Å². The maximum Gasteiger partial charge on any atom is 0.368 e. The van der Waals surface area contributed by atoms with Crippen LogP contribution in [0.1, 0.15) is 6.92 Å². The molecule has 0 unspecified atom stereocenters. The van der Waals surface area contributed by atoms with E-state index >= 15 is 0 Å². The summed E-state index contributed by atoms with van der Waals surface area (Å²) in [4.78, 5) is 10.3. The Morgan fingerprint density at radius 1 is 1.64 bits per heavy atom. The maximum atomic E-state index is 12.4. The van der Waals surface area contributed by atoms with Crippen LogP contribution < -0.4 is 0 Å². The molecule has 0 saturated carbocycles. The number of allylic oxidation sites excluding steroid dienone is 2. The second kappa shape index (κ2) is 2.44. The van der Waals surface area contributed by atoms with Crippen molar-refractivity contribution in [2.45, 2.75) is 12.8 Å². The Labute approximate surface area is 66.8 Å². The SMILES string of the molecule is CCOC1=C(Cl)C(=O)C1(F)F. The first-order valence-electron chi connectivity index (χ1n) is 2.97. The molecular weight excluding hydrogens is 178 g/mol. The van der Waals surface area contributed by atoms with E-state index in [-0.39, 0.29) is 6.61 Å². The Hall–Kier alpha value is -0.640. The smallest absolute Gasteiger partial charge is 0.368 e. The van der Waals surface area contributed by atoms with E-state index in [2.05, 4.69) is 4.74 Å². The molecule has 1 rings (SSSR count). The number of rotatable bonds is 2. The Morgan fingerprint density at radius 2 is 2.18 bits per heavy atom. The van der Waals surface area contributed by atoms with Crippen molar-refractivity contribution in [2.24, 2.45) is 0 Å². The van der Waals surface area contributed by atoms with Gasteiger partial charge < -0.3 is 4.74 Å². The van der Waals surface area contributed by atoms with E-state index in [0.29, 0.717) is 0 Å². The molecule has 0 amide bonds. The average molecular weight is 183 g/mol. The summed E-state index contributed by atoms with van der Waals surface area (Å²) in [7, 11) is 0. The number of ether oxygens (including phenoxy) is 1. The molecule has 0 aromatic rings. The van der Waals surface area contributed by atoms with Gasteiger partial charge in [0.05, 0.1) is 6.61 Å². The van der Waals surface area contributed by atoms with E-state index in [1.165, 1.54) is 6.92 Å². The monoisotopic (exact) mass is 182 g/mol. The third-order valence-electron chi connectivity index (χ3n) is 1.26. The van der Waals surface area contributed by atoms with Crippen molar-refractivity contribution in [3.63, 3.8) is 0 Å². The number of halogens is 3. The number of Topliss-reactive ketones (excluding diaryl/α,β-unsaturated/α-hetero) is 1. The molecule has 1 aliphatic rings. The first kappa shape index (κ1) is 8.46. The van der Waals surface area contributed by atoms with E-state index in [1.807, 2.05) is 0 Å². The fourth-order valence-corrected chi connectivity index (χ4v) is 1.01. The summed E-state index contributed by atoms with van der Waals surface area (Å²) in [5.41, 5.74) is 0. The number of hydrogen-bond acceptors (Lipinski definition) is 2. The minimum absolute atomic E-state index is 0.0778. The quantitative estimate of drug-likeness (QED) is 0.650. The van der Waals surface area contributed by atoms with Crippen molar-refractivity contribution >= 4 is 17.4 Å². The van der Waals surface area contributed by atoms with Crippen LogP contribution in [0.2, 0.25) is 0 Å². The third-order valence-corrected chi connectivity index (χ3v) is 1.60. The Morgan fingerprint density at radius 3 is 2.55 bits per heavy atom. The van der Waals surface area contributed by atoms with Crippen LogP contribution in [0, 0.1) is 0 Å². The van der Waals surface area contributed by atoms with Gasteiger partial charge in [-0.05, 0) is 6.92 Å². The van der Waals surface area contributed by atoms with Crippen LogP contribution in [0.25, 0.3) is 0 Å². The molecule has 0 N–H and O–H groups in total. The van der Waals surface area contributed by atoms with Crippen LogP contribution in [0.4, 0.5) is 8.78 Å². The van der Waals surface area contributed by atoms with E-state index in [1.54, 1.807) is 0 Å². The highest BCUT2D eigenvalue weighted by Crippen LogP contribution is 2.42. The van der Waals surface area contributed by atoms with Crippen LogP contribution >= 0.6 is 11.6 Å². The van der Waals surface area contributed by atoms with Gasteiger partial charge in [0, 0.05) is 0 Å². The van der Waals surface area contributed by atoms with Crippen LogP contribution in [0.15, 0.2) is 10.8 Å². The van der Waals surface area contributed by atoms with Crippen LogP contribution in [0.3, 0.4) is 0 Å². The lowest BCUT2D eigenvalue weighted by atomic mass is 10.0. The lowest BCUT2D eigenvalue weighted by Gasteiger charge is -2.26. The minimum Gasteiger partial charge on any atom is -0.490 e. The lowest BCUT2D eigenvalue weighted by Crippen LogP contribution is -2.42. The van der Waals surface area contributed by atoms with Crippen LogP contribution in [-0.2, 0) is 9.53 Å². The molecule has 0 heterocycles. The molecule has 0 radical (unpaired) electrons.